The highest BCUT2D eigenvalue weighted by atomic mass is 19.4. The van der Waals surface area contributed by atoms with Crippen molar-refractivity contribution < 1.29 is 27.9 Å². The third kappa shape index (κ3) is 4.04. The Kier molecular flexibility index (Phi) is 5.38. The number of aliphatic carboxylic acids is 1. The highest BCUT2D eigenvalue weighted by Crippen LogP contribution is 2.30. The van der Waals surface area contributed by atoms with E-state index in [9.17, 15) is 22.8 Å². The molecular weight excluding hydrogens is 351 g/mol. The summed E-state index contributed by atoms with van der Waals surface area (Å²) in [7, 11) is 0. The van der Waals surface area contributed by atoms with Crippen molar-refractivity contribution in [3.8, 4) is 5.69 Å². The van der Waals surface area contributed by atoms with Gasteiger partial charge in [-0.05, 0) is 31.0 Å². The standard InChI is InChI=1S/C17H18F3N3O3/c1-9(2)14(16(25)26)22-15(24)13-8-21-23(10(13)3)12-6-4-5-11(7-12)17(18,19)20/h4-9,14H,1-3H3,(H,22,24)(H,25,26)/t14-/m0/s1. The van der Waals surface area contributed by atoms with Crippen molar-refractivity contribution in [2.45, 2.75) is 33.0 Å². The van der Waals surface area contributed by atoms with E-state index in [-0.39, 0.29) is 17.2 Å². The first-order valence-electron chi connectivity index (χ1n) is 7.78. The largest absolute Gasteiger partial charge is 0.480 e. The van der Waals surface area contributed by atoms with Crippen molar-refractivity contribution in [3.05, 3.63) is 47.3 Å². The van der Waals surface area contributed by atoms with E-state index in [1.165, 1.54) is 29.9 Å². The van der Waals surface area contributed by atoms with Crippen LogP contribution in [0.5, 0.6) is 0 Å². The molecule has 0 aliphatic carbocycles. The molecule has 1 aromatic carbocycles. The predicted octanol–water partition coefficient (Wildman–Crippen LogP) is 3.04. The maximum absolute atomic E-state index is 12.9. The number of rotatable bonds is 5. The van der Waals surface area contributed by atoms with Crippen LogP contribution in [0.2, 0.25) is 0 Å². The van der Waals surface area contributed by atoms with Gasteiger partial charge in [-0.3, -0.25) is 4.79 Å². The molecule has 0 saturated heterocycles. The summed E-state index contributed by atoms with van der Waals surface area (Å²) < 4.78 is 39.8. The Labute approximate surface area is 147 Å². The topological polar surface area (TPSA) is 84.2 Å². The molecule has 140 valence electrons. The first-order chi connectivity index (χ1) is 12.0. The van der Waals surface area contributed by atoms with E-state index in [4.69, 9.17) is 5.11 Å². The van der Waals surface area contributed by atoms with E-state index in [0.29, 0.717) is 5.69 Å². The van der Waals surface area contributed by atoms with Gasteiger partial charge >= 0.3 is 12.1 Å². The van der Waals surface area contributed by atoms with Crippen LogP contribution in [0.4, 0.5) is 13.2 Å². The van der Waals surface area contributed by atoms with Crippen LogP contribution in [-0.2, 0) is 11.0 Å². The zero-order valence-electron chi connectivity index (χ0n) is 14.3. The summed E-state index contributed by atoms with van der Waals surface area (Å²) in [5.41, 5.74) is -0.291. The molecule has 9 heteroatoms. The average molecular weight is 369 g/mol. The number of hydrogen-bond donors (Lipinski definition) is 2. The molecule has 0 aliphatic rings. The summed E-state index contributed by atoms with van der Waals surface area (Å²) in [5.74, 6) is -2.16. The van der Waals surface area contributed by atoms with Gasteiger partial charge in [0.15, 0.2) is 0 Å². The predicted molar refractivity (Wildman–Crippen MR) is 87.0 cm³/mol. The fourth-order valence-corrected chi connectivity index (χ4v) is 2.44. The van der Waals surface area contributed by atoms with Gasteiger partial charge in [0.1, 0.15) is 6.04 Å². The summed E-state index contributed by atoms with van der Waals surface area (Å²) >= 11 is 0. The second-order valence-corrected chi connectivity index (χ2v) is 6.14. The minimum atomic E-state index is -4.50. The molecule has 2 aromatic rings. The van der Waals surface area contributed by atoms with Gasteiger partial charge in [0.05, 0.1) is 28.7 Å². The van der Waals surface area contributed by atoms with Gasteiger partial charge in [-0.25, -0.2) is 9.48 Å². The van der Waals surface area contributed by atoms with E-state index in [0.717, 1.165) is 12.1 Å². The molecule has 26 heavy (non-hydrogen) atoms. The molecule has 0 fully saturated rings. The van der Waals surface area contributed by atoms with Crippen molar-refractivity contribution in [3.63, 3.8) is 0 Å². The van der Waals surface area contributed by atoms with Crippen LogP contribution >= 0.6 is 0 Å². The second kappa shape index (κ2) is 7.19. The number of halogens is 3. The van der Waals surface area contributed by atoms with Gasteiger partial charge in [0, 0.05) is 0 Å². The summed E-state index contributed by atoms with van der Waals surface area (Å²) in [6, 6.07) is 3.47. The smallest absolute Gasteiger partial charge is 0.416 e. The Bertz CT molecular complexity index is 828. The number of carboxylic acid groups (broad SMARTS) is 1. The van der Waals surface area contributed by atoms with Gasteiger partial charge < -0.3 is 10.4 Å². The Morgan fingerprint density at radius 2 is 1.92 bits per heavy atom. The number of amides is 1. The van der Waals surface area contributed by atoms with Crippen LogP contribution in [0.1, 0.15) is 35.5 Å². The minimum Gasteiger partial charge on any atom is -0.480 e. The van der Waals surface area contributed by atoms with Crippen LogP contribution in [0, 0.1) is 12.8 Å². The fourth-order valence-electron chi connectivity index (χ4n) is 2.44. The fraction of sp³-hybridized carbons (Fsp3) is 0.353. The van der Waals surface area contributed by atoms with Crippen LogP contribution in [-0.4, -0.2) is 32.8 Å². The van der Waals surface area contributed by atoms with Crippen LogP contribution in [0.25, 0.3) is 5.69 Å². The molecule has 0 unspecified atom stereocenters. The summed E-state index contributed by atoms with van der Waals surface area (Å²) in [5, 5.41) is 15.5. The minimum absolute atomic E-state index is 0.0920. The van der Waals surface area contributed by atoms with Gasteiger partial charge in [-0.15, -0.1) is 0 Å². The average Bonchev–Trinajstić information content (AvgIpc) is 2.92. The lowest BCUT2D eigenvalue weighted by Gasteiger charge is -2.17. The Balaban J connectivity index is 2.33. The summed E-state index contributed by atoms with van der Waals surface area (Å²) in [4.78, 5) is 23.6. The first kappa shape index (κ1) is 19.5. The zero-order valence-corrected chi connectivity index (χ0v) is 14.3. The second-order valence-electron chi connectivity index (χ2n) is 6.14. The Morgan fingerprint density at radius 1 is 1.27 bits per heavy atom. The molecule has 2 rings (SSSR count). The number of aromatic nitrogens is 2. The number of nitrogens with one attached hydrogen (secondary N) is 1. The molecule has 2 N–H and O–H groups in total. The van der Waals surface area contributed by atoms with Crippen molar-refractivity contribution in [1.29, 1.82) is 0 Å². The van der Waals surface area contributed by atoms with Gasteiger partial charge in [-0.1, -0.05) is 19.9 Å². The van der Waals surface area contributed by atoms with E-state index < -0.39 is 29.7 Å². The van der Waals surface area contributed by atoms with E-state index in [2.05, 4.69) is 10.4 Å². The SMILES string of the molecule is Cc1c(C(=O)N[C@H](C(=O)O)C(C)C)cnn1-c1cccc(C(F)(F)F)c1. The highest BCUT2D eigenvalue weighted by Gasteiger charge is 2.31. The molecule has 0 radical (unpaired) electrons. The molecule has 1 atom stereocenters. The Morgan fingerprint density at radius 3 is 2.46 bits per heavy atom. The normalized spacial score (nSPS) is 12.9. The van der Waals surface area contributed by atoms with Crippen LogP contribution in [0.3, 0.4) is 0 Å². The van der Waals surface area contributed by atoms with Crippen LogP contribution in [0.15, 0.2) is 30.5 Å². The first-order valence-corrected chi connectivity index (χ1v) is 7.78. The van der Waals surface area contributed by atoms with Crippen molar-refractivity contribution in [1.82, 2.24) is 15.1 Å². The highest BCUT2D eigenvalue weighted by molar-refractivity contribution is 5.97. The third-order valence-corrected chi connectivity index (χ3v) is 3.89. The number of benzene rings is 1. The lowest BCUT2D eigenvalue weighted by molar-refractivity contribution is -0.140. The number of alkyl halides is 3. The van der Waals surface area contributed by atoms with Gasteiger partial charge in [0.25, 0.3) is 5.91 Å². The number of carbonyl (C=O) groups excluding carboxylic acids is 1. The van der Waals surface area contributed by atoms with Crippen molar-refractivity contribution >= 4 is 11.9 Å². The molecule has 6 nitrogen and oxygen atoms in total. The number of carboxylic acids is 1. The molecule has 0 saturated carbocycles. The number of hydrogen-bond acceptors (Lipinski definition) is 3. The molecular formula is C17H18F3N3O3. The third-order valence-electron chi connectivity index (χ3n) is 3.89. The van der Waals surface area contributed by atoms with Crippen LogP contribution < -0.4 is 5.32 Å². The summed E-state index contributed by atoms with van der Waals surface area (Å²) in [6.07, 6.45) is -3.30. The molecule has 0 spiro atoms. The lowest BCUT2D eigenvalue weighted by Crippen LogP contribution is -2.44. The number of nitrogens with zero attached hydrogens (tertiary/aromatic N) is 2. The molecule has 0 bridgehead atoms. The monoisotopic (exact) mass is 369 g/mol. The van der Waals surface area contributed by atoms with Gasteiger partial charge in [0.2, 0.25) is 0 Å². The van der Waals surface area contributed by atoms with Gasteiger partial charge in [-0.2, -0.15) is 18.3 Å². The van der Waals surface area contributed by atoms with E-state index in [1.807, 2.05) is 0 Å². The van der Waals surface area contributed by atoms with E-state index in [1.54, 1.807) is 13.8 Å². The van der Waals surface area contributed by atoms with Crippen molar-refractivity contribution in [2.24, 2.45) is 5.92 Å². The molecule has 1 aromatic heterocycles. The summed E-state index contributed by atoms with van der Waals surface area (Å²) in [6.45, 7) is 4.82. The zero-order chi connectivity index (χ0) is 19.6. The lowest BCUT2D eigenvalue weighted by atomic mass is 10.0. The molecule has 0 aliphatic heterocycles. The Hall–Kier alpha value is -2.84. The molecule has 1 amide bonds. The quantitative estimate of drug-likeness (QED) is 0.849. The van der Waals surface area contributed by atoms with E-state index >= 15 is 0 Å². The van der Waals surface area contributed by atoms with Crippen molar-refractivity contribution in [2.75, 3.05) is 0 Å². The maximum atomic E-state index is 12.9. The molecule has 1 heterocycles. The number of carbonyl (C=O) groups is 2. The maximum Gasteiger partial charge on any atom is 0.416 e.